The van der Waals surface area contributed by atoms with Crippen LogP contribution in [0.5, 0.6) is 11.5 Å². The lowest BCUT2D eigenvalue weighted by atomic mass is 10.1. The molecule has 1 saturated heterocycles. The van der Waals surface area contributed by atoms with Gasteiger partial charge in [-0.05, 0) is 31.0 Å². The lowest BCUT2D eigenvalue weighted by Crippen LogP contribution is -2.39. The average molecular weight is 335 g/mol. The van der Waals surface area contributed by atoms with Crippen molar-refractivity contribution < 1.29 is 17.9 Å². The molecule has 2 aliphatic rings. The van der Waals surface area contributed by atoms with E-state index in [1.165, 1.54) is 10.4 Å². The van der Waals surface area contributed by atoms with E-state index >= 15 is 0 Å². The Kier molecular flexibility index (Phi) is 3.50. The Morgan fingerprint density at radius 2 is 1.91 bits per heavy atom. The van der Waals surface area contributed by atoms with E-state index in [4.69, 9.17) is 9.47 Å². The summed E-state index contributed by atoms with van der Waals surface area (Å²) in [5, 5.41) is 4.24. The van der Waals surface area contributed by atoms with E-state index in [0.29, 0.717) is 24.6 Å². The molecule has 3 heterocycles. The zero-order chi connectivity index (χ0) is 15.9. The molecule has 0 spiro atoms. The van der Waals surface area contributed by atoms with Gasteiger partial charge in [0.1, 0.15) is 0 Å². The molecule has 23 heavy (non-hydrogen) atoms. The maximum absolute atomic E-state index is 12.8. The summed E-state index contributed by atoms with van der Waals surface area (Å²) < 4.78 is 39.5. The first kappa shape index (κ1) is 14.5. The highest BCUT2D eigenvalue weighted by atomic mass is 32.2. The molecule has 0 radical (unpaired) electrons. The van der Waals surface area contributed by atoms with Crippen molar-refractivity contribution in [1.29, 1.82) is 0 Å². The fourth-order valence-corrected chi connectivity index (χ4v) is 4.52. The van der Waals surface area contributed by atoms with Crippen LogP contribution in [0.25, 0.3) is 0 Å². The second-order valence-corrected chi connectivity index (χ2v) is 7.57. The number of fused-ring (bicyclic) bond motifs is 1. The molecule has 2 aliphatic heterocycles. The molecule has 8 heteroatoms. The van der Waals surface area contributed by atoms with Crippen LogP contribution in [-0.4, -0.2) is 42.4 Å². The Balaban J connectivity index is 1.51. The Hall–Kier alpha value is -2.06. The van der Waals surface area contributed by atoms with Crippen LogP contribution >= 0.6 is 0 Å². The van der Waals surface area contributed by atoms with E-state index < -0.39 is 10.0 Å². The molecule has 0 atom stereocenters. The molecule has 1 fully saturated rings. The van der Waals surface area contributed by atoms with E-state index in [-0.39, 0.29) is 17.7 Å². The summed E-state index contributed by atoms with van der Waals surface area (Å²) in [6.45, 7) is 1.11. The molecule has 0 unspecified atom stereocenters. The highest BCUT2D eigenvalue weighted by Gasteiger charge is 2.31. The van der Waals surface area contributed by atoms with Gasteiger partial charge in [0, 0.05) is 31.5 Å². The molecule has 0 saturated carbocycles. The van der Waals surface area contributed by atoms with Crippen LogP contribution in [0.2, 0.25) is 0 Å². The van der Waals surface area contributed by atoms with Crippen LogP contribution in [0.3, 0.4) is 0 Å². The maximum Gasteiger partial charge on any atom is 0.243 e. The number of ether oxygens (including phenoxy) is 2. The number of hydrogen-bond donors (Lipinski definition) is 0. The smallest absolute Gasteiger partial charge is 0.243 e. The largest absolute Gasteiger partial charge is 0.454 e. The molecule has 4 rings (SSSR count). The molecule has 7 nitrogen and oxygen atoms in total. The third-order valence-electron chi connectivity index (χ3n) is 4.30. The van der Waals surface area contributed by atoms with Gasteiger partial charge in [-0.1, -0.05) is 0 Å². The number of rotatable bonds is 3. The van der Waals surface area contributed by atoms with Crippen molar-refractivity contribution in [2.24, 2.45) is 0 Å². The minimum Gasteiger partial charge on any atom is -0.454 e. The first-order valence-electron chi connectivity index (χ1n) is 7.53. The molecule has 0 bridgehead atoms. The summed E-state index contributed by atoms with van der Waals surface area (Å²) in [7, 11) is -3.51. The zero-order valence-electron chi connectivity index (χ0n) is 12.5. The van der Waals surface area contributed by atoms with Gasteiger partial charge < -0.3 is 9.47 Å². The molecular formula is C15H17N3O4S. The quantitative estimate of drug-likeness (QED) is 0.852. The van der Waals surface area contributed by atoms with Crippen molar-refractivity contribution in [3.63, 3.8) is 0 Å². The predicted octanol–water partition coefficient (Wildman–Crippen LogP) is 1.64. The molecule has 2 aromatic rings. The van der Waals surface area contributed by atoms with Crippen molar-refractivity contribution in [3.05, 3.63) is 36.7 Å². The summed E-state index contributed by atoms with van der Waals surface area (Å²) in [4.78, 5) is 0.249. The van der Waals surface area contributed by atoms with Crippen molar-refractivity contribution >= 4 is 10.0 Å². The van der Waals surface area contributed by atoms with Gasteiger partial charge in [-0.3, -0.25) is 4.68 Å². The van der Waals surface area contributed by atoms with Gasteiger partial charge in [-0.15, -0.1) is 0 Å². The van der Waals surface area contributed by atoms with Crippen molar-refractivity contribution in [1.82, 2.24) is 14.1 Å². The molecule has 0 amide bonds. The molecular weight excluding hydrogens is 318 g/mol. The summed E-state index contributed by atoms with van der Waals surface area (Å²) in [5.41, 5.74) is 0. The van der Waals surface area contributed by atoms with Gasteiger partial charge in [0.15, 0.2) is 11.5 Å². The molecule has 0 aliphatic carbocycles. The number of nitrogens with zero attached hydrogens (tertiary/aromatic N) is 3. The number of benzene rings is 1. The number of aromatic nitrogens is 2. The van der Waals surface area contributed by atoms with Crippen molar-refractivity contribution in [2.45, 2.75) is 23.8 Å². The van der Waals surface area contributed by atoms with Gasteiger partial charge in [-0.25, -0.2) is 8.42 Å². The van der Waals surface area contributed by atoms with Crippen LogP contribution in [0.1, 0.15) is 18.9 Å². The lowest BCUT2D eigenvalue weighted by molar-refractivity contribution is 0.174. The first-order valence-corrected chi connectivity index (χ1v) is 8.97. The standard InChI is InChI=1S/C15H17N3O4S/c19-23(20,13-2-3-14-15(10-13)22-11-21-14)17-8-4-12(5-9-17)18-7-1-6-16-18/h1-3,6-7,10,12H,4-5,8-9,11H2. The predicted molar refractivity (Wildman–Crippen MR) is 81.8 cm³/mol. The van der Waals surface area contributed by atoms with Crippen LogP contribution < -0.4 is 9.47 Å². The van der Waals surface area contributed by atoms with Crippen LogP contribution in [-0.2, 0) is 10.0 Å². The number of sulfonamides is 1. The van der Waals surface area contributed by atoms with E-state index in [0.717, 1.165) is 12.8 Å². The second-order valence-electron chi connectivity index (χ2n) is 5.64. The average Bonchev–Trinajstić information content (AvgIpc) is 3.25. The fourth-order valence-electron chi connectivity index (χ4n) is 3.03. The minimum atomic E-state index is -3.51. The fraction of sp³-hybridized carbons (Fsp3) is 0.400. The highest BCUT2D eigenvalue weighted by Crippen LogP contribution is 2.35. The van der Waals surface area contributed by atoms with E-state index in [1.54, 1.807) is 18.3 Å². The Labute approximate surface area is 134 Å². The Bertz CT molecular complexity index is 796. The first-order chi connectivity index (χ1) is 11.1. The van der Waals surface area contributed by atoms with E-state index in [1.807, 2.05) is 16.9 Å². The number of piperidine rings is 1. The summed E-state index contributed by atoms with van der Waals surface area (Å²) in [6, 6.07) is 6.90. The summed E-state index contributed by atoms with van der Waals surface area (Å²) >= 11 is 0. The van der Waals surface area contributed by atoms with Gasteiger partial charge >= 0.3 is 0 Å². The molecule has 1 aromatic heterocycles. The molecule has 0 N–H and O–H groups in total. The van der Waals surface area contributed by atoms with Gasteiger partial charge in [0.2, 0.25) is 16.8 Å². The maximum atomic E-state index is 12.8. The zero-order valence-corrected chi connectivity index (χ0v) is 13.3. The Morgan fingerprint density at radius 1 is 1.13 bits per heavy atom. The normalized spacial score (nSPS) is 19.1. The van der Waals surface area contributed by atoms with Crippen molar-refractivity contribution in [2.75, 3.05) is 19.9 Å². The topological polar surface area (TPSA) is 73.7 Å². The third-order valence-corrected chi connectivity index (χ3v) is 6.20. The number of hydrogen-bond acceptors (Lipinski definition) is 5. The van der Waals surface area contributed by atoms with Crippen LogP contribution in [0, 0.1) is 0 Å². The molecule has 122 valence electrons. The second kappa shape index (κ2) is 5.54. The minimum absolute atomic E-state index is 0.133. The lowest BCUT2D eigenvalue weighted by Gasteiger charge is -2.31. The SMILES string of the molecule is O=S(=O)(c1ccc2c(c1)OCO2)N1CCC(n2cccn2)CC1. The van der Waals surface area contributed by atoms with Crippen LogP contribution in [0.15, 0.2) is 41.6 Å². The van der Waals surface area contributed by atoms with Gasteiger partial charge in [0.05, 0.1) is 10.9 Å². The van der Waals surface area contributed by atoms with Gasteiger partial charge in [0.25, 0.3) is 0 Å². The molecule has 1 aromatic carbocycles. The van der Waals surface area contributed by atoms with E-state index in [9.17, 15) is 8.42 Å². The summed E-state index contributed by atoms with van der Waals surface area (Å²) in [6.07, 6.45) is 5.18. The van der Waals surface area contributed by atoms with Crippen molar-refractivity contribution in [3.8, 4) is 11.5 Å². The van der Waals surface area contributed by atoms with Crippen LogP contribution in [0.4, 0.5) is 0 Å². The highest BCUT2D eigenvalue weighted by molar-refractivity contribution is 7.89. The van der Waals surface area contributed by atoms with E-state index in [2.05, 4.69) is 5.10 Å². The van der Waals surface area contributed by atoms with Gasteiger partial charge in [-0.2, -0.15) is 9.40 Å². The summed E-state index contributed by atoms with van der Waals surface area (Å²) in [5.74, 6) is 1.07. The Morgan fingerprint density at radius 3 is 2.65 bits per heavy atom. The third kappa shape index (κ3) is 2.57. The monoisotopic (exact) mass is 335 g/mol.